The van der Waals surface area contributed by atoms with Gasteiger partial charge in [-0.25, -0.2) is 0 Å². The first-order chi connectivity index (χ1) is 7.74. The van der Waals surface area contributed by atoms with Crippen molar-refractivity contribution in [3.63, 3.8) is 0 Å². The zero-order valence-corrected chi connectivity index (χ0v) is 10.1. The highest BCUT2D eigenvalue weighted by atomic mass is 16.5. The maximum atomic E-state index is 5.93. The average Bonchev–Trinajstić information content (AvgIpc) is 2.27. The first-order valence-electron chi connectivity index (χ1n) is 6.00. The number of aryl methyl sites for hydroxylation is 1. The van der Waals surface area contributed by atoms with Gasteiger partial charge in [-0.1, -0.05) is 0 Å². The van der Waals surface area contributed by atoms with Crippen LogP contribution in [0.3, 0.4) is 0 Å². The van der Waals surface area contributed by atoms with E-state index < -0.39 is 0 Å². The normalized spacial score (nSPS) is 25.6. The molecule has 2 heterocycles. The molecule has 0 saturated carbocycles. The smallest absolute Gasteiger partial charge is 0.0721 e. The average molecular weight is 220 g/mol. The zero-order chi connectivity index (χ0) is 11.4. The summed E-state index contributed by atoms with van der Waals surface area (Å²) in [6.07, 6.45) is 4.49. The van der Waals surface area contributed by atoms with E-state index in [1.807, 2.05) is 19.2 Å². The standard InChI is InChI=1S/C13H20N2O/c1-10-7-12(3-5-14-10)9-16-13-4-6-15-11(2)8-13/h3,5,7,11,13,15H,4,6,8-9H2,1-2H3. The van der Waals surface area contributed by atoms with Crippen LogP contribution in [0.25, 0.3) is 0 Å². The number of hydrogen-bond donors (Lipinski definition) is 1. The van der Waals surface area contributed by atoms with Crippen LogP contribution in [0.2, 0.25) is 0 Å². The highest BCUT2D eigenvalue weighted by molar-refractivity contribution is 5.14. The molecule has 1 aromatic rings. The van der Waals surface area contributed by atoms with E-state index in [4.69, 9.17) is 4.74 Å². The third-order valence-electron chi connectivity index (χ3n) is 3.02. The second-order valence-corrected chi connectivity index (χ2v) is 4.62. The van der Waals surface area contributed by atoms with Crippen molar-refractivity contribution in [1.82, 2.24) is 10.3 Å². The minimum Gasteiger partial charge on any atom is -0.373 e. The summed E-state index contributed by atoms with van der Waals surface area (Å²) in [5.41, 5.74) is 2.28. The Bertz CT molecular complexity index is 340. The Morgan fingerprint density at radius 2 is 2.44 bits per heavy atom. The molecule has 2 rings (SSSR count). The monoisotopic (exact) mass is 220 g/mol. The lowest BCUT2D eigenvalue weighted by Gasteiger charge is -2.28. The van der Waals surface area contributed by atoms with Crippen LogP contribution in [0.5, 0.6) is 0 Å². The Kier molecular flexibility index (Phi) is 3.91. The summed E-state index contributed by atoms with van der Waals surface area (Å²) in [7, 11) is 0. The van der Waals surface area contributed by atoms with Crippen molar-refractivity contribution in [2.75, 3.05) is 6.54 Å². The Hall–Kier alpha value is -0.930. The fourth-order valence-electron chi connectivity index (χ4n) is 2.15. The van der Waals surface area contributed by atoms with Crippen molar-refractivity contribution >= 4 is 0 Å². The molecule has 2 unspecified atom stereocenters. The van der Waals surface area contributed by atoms with Gasteiger partial charge in [0, 0.05) is 17.9 Å². The van der Waals surface area contributed by atoms with Crippen molar-refractivity contribution < 1.29 is 4.74 Å². The van der Waals surface area contributed by atoms with Gasteiger partial charge in [-0.2, -0.15) is 0 Å². The fourth-order valence-corrected chi connectivity index (χ4v) is 2.15. The molecular formula is C13H20N2O. The van der Waals surface area contributed by atoms with Gasteiger partial charge in [-0.05, 0) is 50.9 Å². The Labute approximate surface area is 97.2 Å². The van der Waals surface area contributed by atoms with Gasteiger partial charge >= 0.3 is 0 Å². The van der Waals surface area contributed by atoms with Crippen molar-refractivity contribution in [3.05, 3.63) is 29.6 Å². The van der Waals surface area contributed by atoms with Crippen LogP contribution in [-0.2, 0) is 11.3 Å². The Morgan fingerprint density at radius 3 is 3.19 bits per heavy atom. The molecule has 1 aromatic heterocycles. The van der Waals surface area contributed by atoms with E-state index in [0.29, 0.717) is 18.8 Å². The van der Waals surface area contributed by atoms with E-state index in [9.17, 15) is 0 Å². The lowest BCUT2D eigenvalue weighted by atomic mass is 10.0. The number of aromatic nitrogens is 1. The SMILES string of the molecule is Cc1cc(COC2CCNC(C)C2)ccn1. The van der Waals surface area contributed by atoms with E-state index in [1.165, 1.54) is 5.56 Å². The summed E-state index contributed by atoms with van der Waals surface area (Å²) >= 11 is 0. The van der Waals surface area contributed by atoms with Crippen LogP contribution in [-0.4, -0.2) is 23.7 Å². The van der Waals surface area contributed by atoms with Gasteiger partial charge in [-0.3, -0.25) is 4.98 Å². The molecule has 0 radical (unpaired) electrons. The highest BCUT2D eigenvalue weighted by Crippen LogP contribution is 2.14. The van der Waals surface area contributed by atoms with E-state index >= 15 is 0 Å². The molecule has 2 atom stereocenters. The van der Waals surface area contributed by atoms with Crippen LogP contribution < -0.4 is 5.32 Å². The topological polar surface area (TPSA) is 34.1 Å². The van der Waals surface area contributed by atoms with Crippen molar-refractivity contribution in [1.29, 1.82) is 0 Å². The second kappa shape index (κ2) is 5.41. The van der Waals surface area contributed by atoms with Gasteiger partial charge < -0.3 is 10.1 Å². The molecular weight excluding hydrogens is 200 g/mol. The number of hydrogen-bond acceptors (Lipinski definition) is 3. The third-order valence-corrected chi connectivity index (χ3v) is 3.02. The Balaban J connectivity index is 1.82. The van der Waals surface area contributed by atoms with Crippen molar-refractivity contribution in [2.24, 2.45) is 0 Å². The molecule has 1 fully saturated rings. The number of pyridine rings is 1. The highest BCUT2D eigenvalue weighted by Gasteiger charge is 2.18. The summed E-state index contributed by atoms with van der Waals surface area (Å²) in [6.45, 7) is 6.00. The summed E-state index contributed by atoms with van der Waals surface area (Å²) in [6, 6.07) is 4.69. The van der Waals surface area contributed by atoms with E-state index in [-0.39, 0.29) is 0 Å². The van der Waals surface area contributed by atoms with Crippen LogP contribution in [0, 0.1) is 6.92 Å². The molecule has 0 aromatic carbocycles. The molecule has 0 amide bonds. The fraction of sp³-hybridized carbons (Fsp3) is 0.615. The van der Waals surface area contributed by atoms with Gasteiger partial charge in [0.1, 0.15) is 0 Å². The molecule has 3 heteroatoms. The second-order valence-electron chi connectivity index (χ2n) is 4.62. The number of nitrogens with one attached hydrogen (secondary N) is 1. The molecule has 1 aliphatic heterocycles. The van der Waals surface area contributed by atoms with E-state index in [1.54, 1.807) is 0 Å². The van der Waals surface area contributed by atoms with Gasteiger partial charge in [0.25, 0.3) is 0 Å². The van der Waals surface area contributed by atoms with Gasteiger partial charge in [0.05, 0.1) is 12.7 Å². The number of nitrogens with zero attached hydrogens (tertiary/aromatic N) is 1. The summed E-state index contributed by atoms with van der Waals surface area (Å²) < 4.78 is 5.93. The molecule has 16 heavy (non-hydrogen) atoms. The molecule has 1 aliphatic rings. The Morgan fingerprint density at radius 1 is 1.56 bits per heavy atom. The predicted octanol–water partition coefficient (Wildman–Crippen LogP) is 2.05. The maximum Gasteiger partial charge on any atom is 0.0721 e. The van der Waals surface area contributed by atoms with Crippen molar-refractivity contribution in [3.8, 4) is 0 Å². The minimum absolute atomic E-state index is 0.407. The third kappa shape index (κ3) is 3.29. The molecule has 1 saturated heterocycles. The molecule has 1 N–H and O–H groups in total. The minimum atomic E-state index is 0.407. The van der Waals surface area contributed by atoms with Crippen LogP contribution in [0.4, 0.5) is 0 Å². The van der Waals surface area contributed by atoms with Crippen LogP contribution in [0.1, 0.15) is 31.0 Å². The zero-order valence-electron chi connectivity index (χ0n) is 10.1. The quantitative estimate of drug-likeness (QED) is 0.846. The predicted molar refractivity (Wildman–Crippen MR) is 64.2 cm³/mol. The lowest BCUT2D eigenvalue weighted by Crippen LogP contribution is -2.39. The first kappa shape index (κ1) is 11.6. The largest absolute Gasteiger partial charge is 0.373 e. The van der Waals surface area contributed by atoms with Crippen LogP contribution >= 0.6 is 0 Å². The number of rotatable bonds is 3. The van der Waals surface area contributed by atoms with Gasteiger partial charge in [-0.15, -0.1) is 0 Å². The molecule has 0 bridgehead atoms. The maximum absolute atomic E-state index is 5.93. The lowest BCUT2D eigenvalue weighted by molar-refractivity contribution is 0.0126. The van der Waals surface area contributed by atoms with Gasteiger partial charge in [0.15, 0.2) is 0 Å². The molecule has 88 valence electrons. The number of piperidine rings is 1. The first-order valence-corrected chi connectivity index (χ1v) is 6.00. The summed E-state index contributed by atoms with van der Waals surface area (Å²) in [4.78, 5) is 4.18. The van der Waals surface area contributed by atoms with Gasteiger partial charge in [0.2, 0.25) is 0 Å². The summed E-state index contributed by atoms with van der Waals surface area (Å²) in [5.74, 6) is 0. The molecule has 0 aliphatic carbocycles. The van der Waals surface area contributed by atoms with Crippen molar-refractivity contribution in [2.45, 2.75) is 45.4 Å². The molecule has 3 nitrogen and oxygen atoms in total. The number of ether oxygens (including phenoxy) is 1. The molecule has 0 spiro atoms. The van der Waals surface area contributed by atoms with E-state index in [0.717, 1.165) is 25.1 Å². The van der Waals surface area contributed by atoms with Crippen LogP contribution in [0.15, 0.2) is 18.3 Å². The van der Waals surface area contributed by atoms with E-state index in [2.05, 4.69) is 23.3 Å². The summed E-state index contributed by atoms with van der Waals surface area (Å²) in [5, 5.41) is 3.43.